The molecule has 6 nitrogen and oxygen atoms in total. The van der Waals surface area contributed by atoms with Crippen molar-refractivity contribution in [3.63, 3.8) is 0 Å². The highest BCUT2D eigenvalue weighted by Crippen LogP contribution is 2.33. The molecule has 1 saturated heterocycles. The van der Waals surface area contributed by atoms with E-state index in [1.54, 1.807) is 12.1 Å². The Kier molecular flexibility index (Phi) is 4.46. The summed E-state index contributed by atoms with van der Waals surface area (Å²) < 4.78 is 10.2. The zero-order valence-electron chi connectivity index (χ0n) is 11.5. The zero-order chi connectivity index (χ0) is 14.6. The van der Waals surface area contributed by atoms with Crippen LogP contribution in [0.15, 0.2) is 18.2 Å². The molecule has 110 valence electrons. The first-order valence-electron chi connectivity index (χ1n) is 6.57. The van der Waals surface area contributed by atoms with Crippen LogP contribution in [0.3, 0.4) is 0 Å². The molecule has 1 aromatic rings. The molecule has 6 heteroatoms. The van der Waals surface area contributed by atoms with E-state index >= 15 is 0 Å². The van der Waals surface area contributed by atoms with E-state index < -0.39 is 5.41 Å². The van der Waals surface area contributed by atoms with Crippen LogP contribution >= 0.6 is 0 Å². The Morgan fingerprint density at radius 2 is 2.20 bits per heavy atom. The maximum atomic E-state index is 12.4. The van der Waals surface area contributed by atoms with Gasteiger partial charge in [0, 0.05) is 31.5 Å². The number of aromatic hydroxyl groups is 1. The highest BCUT2D eigenvalue weighted by molar-refractivity contribution is 5.95. The van der Waals surface area contributed by atoms with Crippen LogP contribution in [0.2, 0.25) is 0 Å². The Labute approximate surface area is 117 Å². The first-order chi connectivity index (χ1) is 9.61. The second kappa shape index (κ2) is 6.11. The molecule has 1 heterocycles. The summed E-state index contributed by atoms with van der Waals surface area (Å²) in [6, 6.07) is 4.74. The van der Waals surface area contributed by atoms with Gasteiger partial charge in [0.2, 0.25) is 5.91 Å². The van der Waals surface area contributed by atoms with Crippen molar-refractivity contribution in [3.8, 4) is 11.5 Å². The molecule has 0 saturated carbocycles. The molecule has 0 aliphatic carbocycles. The number of nitrogens with one attached hydrogen (secondary N) is 1. The number of hydrogen-bond acceptors (Lipinski definition) is 5. The molecule has 0 bridgehead atoms. The first-order valence-corrected chi connectivity index (χ1v) is 6.57. The van der Waals surface area contributed by atoms with Crippen LogP contribution in [-0.2, 0) is 9.53 Å². The van der Waals surface area contributed by atoms with E-state index in [0.717, 1.165) is 0 Å². The molecule has 0 unspecified atom stereocenters. The summed E-state index contributed by atoms with van der Waals surface area (Å²) in [4.78, 5) is 12.4. The molecule has 1 aliphatic rings. The lowest BCUT2D eigenvalue weighted by Crippen LogP contribution is -2.46. The summed E-state index contributed by atoms with van der Waals surface area (Å²) in [5.74, 6) is 0.217. The van der Waals surface area contributed by atoms with Crippen molar-refractivity contribution < 1.29 is 19.4 Å². The number of anilines is 1. The highest BCUT2D eigenvalue weighted by Gasteiger charge is 2.38. The van der Waals surface area contributed by atoms with Crippen molar-refractivity contribution in [2.45, 2.75) is 12.8 Å². The third-order valence-corrected chi connectivity index (χ3v) is 3.76. The number of phenols is 1. The van der Waals surface area contributed by atoms with Crippen molar-refractivity contribution in [3.05, 3.63) is 18.2 Å². The molecule has 0 spiro atoms. The van der Waals surface area contributed by atoms with Crippen LogP contribution in [0.25, 0.3) is 0 Å². The molecule has 0 aromatic heterocycles. The second-order valence-electron chi connectivity index (χ2n) is 4.94. The highest BCUT2D eigenvalue weighted by atomic mass is 16.5. The van der Waals surface area contributed by atoms with Crippen LogP contribution in [0.4, 0.5) is 5.69 Å². The van der Waals surface area contributed by atoms with E-state index in [2.05, 4.69) is 5.32 Å². The minimum absolute atomic E-state index is 0.0147. The van der Waals surface area contributed by atoms with Gasteiger partial charge in [-0.25, -0.2) is 0 Å². The molecule has 0 atom stereocenters. The van der Waals surface area contributed by atoms with Crippen molar-refractivity contribution in [2.24, 2.45) is 11.1 Å². The SMILES string of the molecule is COc1ccc(NC(=O)C2(CN)CCOCC2)cc1O. The van der Waals surface area contributed by atoms with Gasteiger partial charge in [-0.3, -0.25) is 4.79 Å². The fourth-order valence-electron chi connectivity index (χ4n) is 2.32. The fraction of sp³-hybridized carbons (Fsp3) is 0.500. The lowest BCUT2D eigenvalue weighted by atomic mass is 9.79. The van der Waals surface area contributed by atoms with Gasteiger partial charge in [0.05, 0.1) is 12.5 Å². The van der Waals surface area contributed by atoms with E-state index in [1.165, 1.54) is 13.2 Å². The fourth-order valence-corrected chi connectivity index (χ4v) is 2.32. The van der Waals surface area contributed by atoms with E-state index in [-0.39, 0.29) is 18.2 Å². The lowest BCUT2D eigenvalue weighted by molar-refractivity contribution is -0.130. The Morgan fingerprint density at radius 1 is 1.50 bits per heavy atom. The number of benzene rings is 1. The molecule has 1 fully saturated rings. The van der Waals surface area contributed by atoms with Gasteiger partial charge in [0.25, 0.3) is 0 Å². The van der Waals surface area contributed by atoms with E-state index in [4.69, 9.17) is 15.2 Å². The number of ether oxygens (including phenoxy) is 2. The van der Waals surface area contributed by atoms with Crippen molar-refractivity contribution in [1.29, 1.82) is 0 Å². The number of carbonyl (C=O) groups is 1. The number of methoxy groups -OCH3 is 1. The largest absolute Gasteiger partial charge is 0.504 e. The average Bonchev–Trinajstić information content (AvgIpc) is 2.48. The van der Waals surface area contributed by atoms with Crippen molar-refractivity contribution >= 4 is 11.6 Å². The predicted molar refractivity (Wildman–Crippen MR) is 74.8 cm³/mol. The third-order valence-electron chi connectivity index (χ3n) is 3.76. The summed E-state index contributed by atoms with van der Waals surface area (Å²) in [7, 11) is 1.47. The van der Waals surface area contributed by atoms with E-state index in [1.807, 2.05) is 0 Å². The molecule has 0 radical (unpaired) electrons. The Hall–Kier alpha value is -1.79. The van der Waals surface area contributed by atoms with Crippen LogP contribution in [0.1, 0.15) is 12.8 Å². The van der Waals surface area contributed by atoms with Gasteiger partial charge < -0.3 is 25.6 Å². The summed E-state index contributed by atoms with van der Waals surface area (Å²) in [5, 5.41) is 12.5. The molecule has 2 rings (SSSR count). The summed E-state index contributed by atoms with van der Waals surface area (Å²) >= 11 is 0. The van der Waals surface area contributed by atoms with Gasteiger partial charge in [0.1, 0.15) is 0 Å². The molecule has 1 amide bonds. The van der Waals surface area contributed by atoms with Crippen LogP contribution in [-0.4, -0.2) is 37.9 Å². The molecule has 20 heavy (non-hydrogen) atoms. The topological polar surface area (TPSA) is 93.8 Å². The Bertz CT molecular complexity index is 484. The minimum Gasteiger partial charge on any atom is -0.504 e. The quantitative estimate of drug-likeness (QED) is 0.767. The normalized spacial score (nSPS) is 17.5. The van der Waals surface area contributed by atoms with Gasteiger partial charge in [-0.05, 0) is 25.0 Å². The number of rotatable bonds is 4. The zero-order valence-corrected chi connectivity index (χ0v) is 11.5. The van der Waals surface area contributed by atoms with Crippen LogP contribution in [0.5, 0.6) is 11.5 Å². The van der Waals surface area contributed by atoms with Crippen molar-refractivity contribution in [2.75, 3.05) is 32.2 Å². The summed E-state index contributed by atoms with van der Waals surface area (Å²) in [5.41, 5.74) is 5.71. The Balaban J connectivity index is 2.12. The second-order valence-corrected chi connectivity index (χ2v) is 4.94. The monoisotopic (exact) mass is 280 g/mol. The molecular formula is C14H20N2O4. The maximum absolute atomic E-state index is 12.4. The average molecular weight is 280 g/mol. The smallest absolute Gasteiger partial charge is 0.232 e. The van der Waals surface area contributed by atoms with Crippen LogP contribution < -0.4 is 15.8 Å². The lowest BCUT2D eigenvalue weighted by Gasteiger charge is -2.34. The summed E-state index contributed by atoms with van der Waals surface area (Å²) in [6.45, 7) is 1.36. The molecule has 1 aliphatic heterocycles. The van der Waals surface area contributed by atoms with Crippen molar-refractivity contribution in [1.82, 2.24) is 0 Å². The molecule has 1 aromatic carbocycles. The Morgan fingerprint density at radius 3 is 2.75 bits per heavy atom. The number of phenolic OH excluding ortho intramolecular Hbond substituents is 1. The van der Waals surface area contributed by atoms with Gasteiger partial charge in [0.15, 0.2) is 11.5 Å². The minimum atomic E-state index is -0.589. The number of amides is 1. The summed E-state index contributed by atoms with van der Waals surface area (Å²) in [6.07, 6.45) is 1.22. The predicted octanol–water partition coefficient (Wildman–Crippen LogP) is 1.09. The van der Waals surface area contributed by atoms with Gasteiger partial charge in [-0.15, -0.1) is 0 Å². The van der Waals surface area contributed by atoms with Gasteiger partial charge >= 0.3 is 0 Å². The number of nitrogens with two attached hydrogens (primary N) is 1. The van der Waals surface area contributed by atoms with E-state index in [9.17, 15) is 9.90 Å². The molecular weight excluding hydrogens is 260 g/mol. The number of carbonyl (C=O) groups excluding carboxylic acids is 1. The molecule has 4 N–H and O–H groups in total. The van der Waals surface area contributed by atoms with Gasteiger partial charge in [-0.2, -0.15) is 0 Å². The third kappa shape index (κ3) is 2.86. The first kappa shape index (κ1) is 14.6. The maximum Gasteiger partial charge on any atom is 0.232 e. The van der Waals surface area contributed by atoms with E-state index in [0.29, 0.717) is 37.5 Å². The number of hydrogen-bond donors (Lipinski definition) is 3. The van der Waals surface area contributed by atoms with Gasteiger partial charge in [-0.1, -0.05) is 0 Å². The van der Waals surface area contributed by atoms with Crippen LogP contribution in [0, 0.1) is 5.41 Å². The standard InChI is InChI=1S/C14H20N2O4/c1-19-12-3-2-10(8-11(12)17)16-13(18)14(9-15)4-6-20-7-5-14/h2-3,8,17H,4-7,9,15H2,1H3,(H,16,18).